The molecule has 26 heavy (non-hydrogen) atoms. The second-order valence-electron chi connectivity index (χ2n) is 9.03. The summed E-state index contributed by atoms with van der Waals surface area (Å²) < 4.78 is 11.2. The Kier molecular flexibility index (Phi) is 4.76. The van der Waals surface area contributed by atoms with Crippen LogP contribution < -0.4 is 5.32 Å². The van der Waals surface area contributed by atoms with Crippen molar-refractivity contribution in [3.63, 3.8) is 0 Å². The predicted molar refractivity (Wildman–Crippen MR) is 98.4 cm³/mol. The van der Waals surface area contributed by atoms with E-state index in [9.17, 15) is 9.59 Å². The lowest BCUT2D eigenvalue weighted by molar-refractivity contribution is -0.163. The molecule has 142 valence electrons. The summed E-state index contributed by atoms with van der Waals surface area (Å²) in [6.45, 7) is 8.74. The molecular weight excluding hydrogens is 330 g/mol. The number of alkyl carbamates (subject to hydrolysis) is 1. The third-order valence-electron chi connectivity index (χ3n) is 5.75. The fourth-order valence-electron chi connectivity index (χ4n) is 3.96. The van der Waals surface area contributed by atoms with Crippen molar-refractivity contribution >= 4 is 12.1 Å². The maximum Gasteiger partial charge on any atom is 0.408 e. The highest BCUT2D eigenvalue weighted by atomic mass is 16.6. The zero-order valence-electron chi connectivity index (χ0n) is 16.1. The molecule has 2 saturated carbocycles. The van der Waals surface area contributed by atoms with Crippen molar-refractivity contribution in [1.82, 2.24) is 5.32 Å². The van der Waals surface area contributed by atoms with Gasteiger partial charge in [-0.05, 0) is 31.2 Å². The number of nitrogens with one attached hydrogen (secondary N) is 1. The number of rotatable bonds is 5. The Labute approximate surface area is 155 Å². The molecule has 0 aliphatic heterocycles. The van der Waals surface area contributed by atoms with Gasteiger partial charge in [0, 0.05) is 10.8 Å². The summed E-state index contributed by atoms with van der Waals surface area (Å²) in [6.07, 6.45) is 2.52. The summed E-state index contributed by atoms with van der Waals surface area (Å²) in [5.74, 6) is -0.331. The summed E-state index contributed by atoms with van der Waals surface area (Å²) in [7, 11) is 0. The van der Waals surface area contributed by atoms with Gasteiger partial charge in [-0.3, -0.25) is 0 Å². The number of amides is 1. The van der Waals surface area contributed by atoms with Gasteiger partial charge in [0.25, 0.3) is 0 Å². The number of hydrogen-bond donors (Lipinski definition) is 1. The highest BCUT2D eigenvalue weighted by Crippen LogP contribution is 2.51. The zero-order valence-corrected chi connectivity index (χ0v) is 16.1. The Morgan fingerprint density at radius 3 is 2.12 bits per heavy atom. The predicted octanol–water partition coefficient (Wildman–Crippen LogP) is 4.20. The van der Waals surface area contributed by atoms with E-state index in [0.717, 1.165) is 18.4 Å². The topological polar surface area (TPSA) is 64.6 Å². The van der Waals surface area contributed by atoms with E-state index in [4.69, 9.17) is 9.47 Å². The van der Waals surface area contributed by atoms with E-state index in [2.05, 4.69) is 33.0 Å². The largest absolute Gasteiger partial charge is 0.459 e. The molecule has 1 amide bonds. The van der Waals surface area contributed by atoms with Crippen LogP contribution in [-0.4, -0.2) is 23.7 Å². The zero-order chi connectivity index (χ0) is 19.0. The van der Waals surface area contributed by atoms with Crippen molar-refractivity contribution in [2.24, 2.45) is 10.8 Å². The van der Waals surface area contributed by atoms with Crippen LogP contribution in [0.5, 0.6) is 0 Å². The van der Waals surface area contributed by atoms with E-state index < -0.39 is 11.6 Å². The lowest BCUT2D eigenvalue weighted by atomic mass is 9.81. The molecule has 0 aromatic heterocycles. The third kappa shape index (κ3) is 3.87. The summed E-state index contributed by atoms with van der Waals surface area (Å²) in [6, 6.07) is 9.46. The fourth-order valence-corrected chi connectivity index (χ4v) is 3.96. The van der Waals surface area contributed by atoms with Crippen molar-refractivity contribution < 1.29 is 19.1 Å². The van der Waals surface area contributed by atoms with Gasteiger partial charge in [-0.1, -0.05) is 58.0 Å². The monoisotopic (exact) mass is 359 g/mol. The first kappa shape index (κ1) is 18.7. The van der Waals surface area contributed by atoms with E-state index in [1.807, 2.05) is 30.3 Å². The maximum absolute atomic E-state index is 12.8. The minimum Gasteiger partial charge on any atom is -0.459 e. The normalized spacial score (nSPS) is 22.5. The second kappa shape index (κ2) is 6.60. The average Bonchev–Trinajstić information content (AvgIpc) is 3.33. The molecule has 2 fully saturated rings. The van der Waals surface area contributed by atoms with Gasteiger partial charge in [0.2, 0.25) is 0 Å². The van der Waals surface area contributed by atoms with E-state index in [1.165, 1.54) is 0 Å². The third-order valence-corrected chi connectivity index (χ3v) is 5.75. The number of esters is 1. The first-order valence-electron chi connectivity index (χ1n) is 9.35. The molecule has 1 aromatic carbocycles. The van der Waals surface area contributed by atoms with E-state index >= 15 is 0 Å². The summed E-state index contributed by atoms with van der Waals surface area (Å²) in [5.41, 5.74) is -0.112. The van der Waals surface area contributed by atoms with Crippen LogP contribution in [0.1, 0.15) is 58.9 Å². The van der Waals surface area contributed by atoms with Gasteiger partial charge in [0.1, 0.15) is 18.2 Å². The Balaban J connectivity index is 1.56. The lowest BCUT2D eigenvalue weighted by Crippen LogP contribution is -2.48. The molecule has 5 nitrogen and oxygen atoms in total. The minimum atomic E-state index is -0.914. The number of carbonyl (C=O) groups is 2. The molecule has 3 rings (SSSR count). The van der Waals surface area contributed by atoms with E-state index in [1.54, 1.807) is 0 Å². The molecule has 0 saturated heterocycles. The Morgan fingerprint density at radius 1 is 1.00 bits per heavy atom. The van der Waals surface area contributed by atoms with Crippen LogP contribution in [0.15, 0.2) is 30.3 Å². The van der Waals surface area contributed by atoms with Crippen molar-refractivity contribution in [2.75, 3.05) is 0 Å². The first-order chi connectivity index (χ1) is 12.1. The van der Waals surface area contributed by atoms with Crippen molar-refractivity contribution in [3.05, 3.63) is 35.9 Å². The molecule has 1 aromatic rings. The number of hydrogen-bond acceptors (Lipinski definition) is 4. The van der Waals surface area contributed by atoms with Crippen LogP contribution in [0.25, 0.3) is 0 Å². The van der Waals surface area contributed by atoms with Gasteiger partial charge in [-0.2, -0.15) is 0 Å². The Morgan fingerprint density at radius 2 is 1.58 bits per heavy atom. The van der Waals surface area contributed by atoms with Crippen molar-refractivity contribution in [2.45, 2.75) is 71.6 Å². The van der Waals surface area contributed by atoms with Crippen LogP contribution in [0.2, 0.25) is 0 Å². The van der Waals surface area contributed by atoms with Gasteiger partial charge in [-0.25, -0.2) is 9.59 Å². The Bertz CT molecular complexity index is 661. The van der Waals surface area contributed by atoms with Crippen molar-refractivity contribution in [3.8, 4) is 0 Å². The smallest absolute Gasteiger partial charge is 0.408 e. The van der Waals surface area contributed by atoms with Crippen LogP contribution in [0, 0.1) is 10.8 Å². The van der Waals surface area contributed by atoms with Crippen LogP contribution in [0.3, 0.4) is 0 Å². The van der Waals surface area contributed by atoms with Gasteiger partial charge < -0.3 is 14.8 Å². The van der Waals surface area contributed by atoms with Crippen LogP contribution in [-0.2, 0) is 20.9 Å². The average molecular weight is 359 g/mol. The molecule has 0 radical (unpaired) electrons. The SMILES string of the molecule is CC1(C)CCC(C)(C)C1OC(=O)C1(NC(=O)OCc2ccccc2)CC1. The molecule has 0 spiro atoms. The standard InChI is InChI=1S/C21H29NO4/c1-19(2)10-11-20(3,4)16(19)26-17(23)21(12-13-21)22-18(24)25-14-15-8-6-5-7-9-15/h5-9,16H,10-14H2,1-4H3,(H,22,24). The summed E-state index contributed by atoms with van der Waals surface area (Å²) in [5, 5.41) is 2.73. The van der Waals surface area contributed by atoms with Crippen LogP contribution >= 0.6 is 0 Å². The first-order valence-corrected chi connectivity index (χ1v) is 9.35. The highest BCUT2D eigenvalue weighted by molar-refractivity contribution is 5.89. The second-order valence-corrected chi connectivity index (χ2v) is 9.03. The molecule has 1 N–H and O–H groups in total. The molecule has 0 unspecified atom stereocenters. The van der Waals surface area contributed by atoms with Crippen molar-refractivity contribution in [1.29, 1.82) is 0 Å². The molecule has 0 heterocycles. The number of ether oxygens (including phenoxy) is 2. The number of carbonyl (C=O) groups excluding carboxylic acids is 2. The fraction of sp³-hybridized carbons (Fsp3) is 0.619. The highest BCUT2D eigenvalue weighted by Gasteiger charge is 2.57. The molecule has 2 aliphatic carbocycles. The van der Waals surface area contributed by atoms with Gasteiger partial charge >= 0.3 is 12.1 Å². The molecule has 0 bridgehead atoms. The van der Waals surface area contributed by atoms with Gasteiger partial charge in [0.05, 0.1) is 0 Å². The quantitative estimate of drug-likeness (QED) is 0.800. The van der Waals surface area contributed by atoms with Crippen LogP contribution in [0.4, 0.5) is 4.79 Å². The molecule has 5 heteroatoms. The number of benzene rings is 1. The van der Waals surface area contributed by atoms with Gasteiger partial charge in [0.15, 0.2) is 0 Å². The van der Waals surface area contributed by atoms with E-state index in [0.29, 0.717) is 12.8 Å². The molecular formula is C21H29NO4. The minimum absolute atomic E-state index is 0.0525. The lowest BCUT2D eigenvalue weighted by Gasteiger charge is -2.35. The van der Waals surface area contributed by atoms with Gasteiger partial charge in [-0.15, -0.1) is 0 Å². The van der Waals surface area contributed by atoms with E-state index in [-0.39, 0.29) is 29.5 Å². The maximum atomic E-state index is 12.8. The molecule has 0 atom stereocenters. The summed E-state index contributed by atoms with van der Waals surface area (Å²) in [4.78, 5) is 24.9. The summed E-state index contributed by atoms with van der Waals surface area (Å²) >= 11 is 0. The molecule has 2 aliphatic rings. The Hall–Kier alpha value is -2.04.